The molecule has 162 valence electrons. The summed E-state index contributed by atoms with van der Waals surface area (Å²) in [5, 5.41) is 26.0. The molecule has 12 nitrogen and oxygen atoms in total. The molecule has 1 N–H and O–H groups in total. The summed E-state index contributed by atoms with van der Waals surface area (Å²) in [6.07, 6.45) is 1.41. The zero-order valence-corrected chi connectivity index (χ0v) is 16.3. The monoisotopic (exact) mass is 429 g/mol. The van der Waals surface area contributed by atoms with E-state index in [-0.39, 0.29) is 24.0 Å². The largest absolute Gasteiger partial charge is 0.450 e. The summed E-state index contributed by atoms with van der Waals surface area (Å²) in [6, 6.07) is 9.60. The smallest absolute Gasteiger partial charge is 0.318 e. The molecular formula is C19H19N5O7. The van der Waals surface area contributed by atoms with Crippen LogP contribution in [0, 0.1) is 20.2 Å². The Balaban J connectivity index is 1.64. The highest BCUT2D eigenvalue weighted by atomic mass is 16.6. The number of nitro benzene ring substituents is 2. The summed E-state index contributed by atoms with van der Waals surface area (Å²) >= 11 is 0. The van der Waals surface area contributed by atoms with Crippen molar-refractivity contribution in [2.45, 2.75) is 0 Å². The molecule has 2 aromatic rings. The number of hydrogen-bond acceptors (Lipinski definition) is 9. The fourth-order valence-corrected chi connectivity index (χ4v) is 2.81. The molecule has 1 fully saturated rings. The van der Waals surface area contributed by atoms with Crippen LogP contribution in [-0.4, -0.2) is 59.7 Å². The molecule has 2 aromatic carbocycles. The van der Waals surface area contributed by atoms with E-state index in [0.29, 0.717) is 31.9 Å². The number of nitrogens with one attached hydrogen (secondary N) is 1. The number of nitro groups is 2. The van der Waals surface area contributed by atoms with Crippen molar-refractivity contribution in [2.24, 2.45) is 5.10 Å². The molecular weight excluding hydrogens is 410 g/mol. The van der Waals surface area contributed by atoms with E-state index in [2.05, 4.69) is 10.5 Å². The van der Waals surface area contributed by atoms with Crippen LogP contribution in [0.15, 0.2) is 47.6 Å². The van der Waals surface area contributed by atoms with Crippen LogP contribution in [0.3, 0.4) is 0 Å². The molecule has 0 unspecified atom stereocenters. The fraction of sp³-hybridized carbons (Fsp3) is 0.263. The number of hydrogen-bond donors (Lipinski definition) is 1. The Morgan fingerprint density at radius 3 is 2.65 bits per heavy atom. The number of non-ortho nitro benzene ring substituents is 1. The Morgan fingerprint density at radius 2 is 1.94 bits per heavy atom. The van der Waals surface area contributed by atoms with Crippen LogP contribution < -0.4 is 10.2 Å². The van der Waals surface area contributed by atoms with Crippen molar-refractivity contribution in [1.82, 2.24) is 10.3 Å². The average Bonchev–Trinajstić information content (AvgIpc) is 2.74. The second-order valence-corrected chi connectivity index (χ2v) is 6.52. The summed E-state index contributed by atoms with van der Waals surface area (Å²) in [7, 11) is 0. The van der Waals surface area contributed by atoms with Crippen molar-refractivity contribution in [2.75, 3.05) is 32.8 Å². The second-order valence-electron chi connectivity index (χ2n) is 6.52. The van der Waals surface area contributed by atoms with E-state index >= 15 is 0 Å². The van der Waals surface area contributed by atoms with Gasteiger partial charge in [0.25, 0.3) is 11.6 Å². The molecule has 1 aliphatic heterocycles. The highest BCUT2D eigenvalue weighted by Crippen LogP contribution is 2.34. The standard InChI is InChI=1S/C19H19N5O7/c25-19(13-22-6-8-30-9-7-22)21-20-12-14-2-1-3-16(10-14)31-18-5-4-15(23(26)27)11-17(18)24(28)29/h1-5,10-12H,6-9,13H2,(H,21,25)/b20-12-. The zero-order valence-electron chi connectivity index (χ0n) is 16.3. The van der Waals surface area contributed by atoms with Gasteiger partial charge in [-0.15, -0.1) is 0 Å². The molecule has 31 heavy (non-hydrogen) atoms. The summed E-state index contributed by atoms with van der Waals surface area (Å²) in [6.45, 7) is 2.77. The Labute approximate surface area is 176 Å². The Morgan fingerprint density at radius 1 is 1.16 bits per heavy atom. The van der Waals surface area contributed by atoms with Gasteiger partial charge in [-0.25, -0.2) is 5.43 Å². The first-order valence-electron chi connectivity index (χ1n) is 9.25. The normalized spacial score (nSPS) is 14.3. The van der Waals surface area contributed by atoms with E-state index in [1.807, 2.05) is 4.90 Å². The minimum absolute atomic E-state index is 0.136. The Bertz CT molecular complexity index is 1000. The highest BCUT2D eigenvalue weighted by molar-refractivity contribution is 5.83. The third-order valence-corrected chi connectivity index (χ3v) is 4.31. The van der Waals surface area contributed by atoms with Crippen molar-refractivity contribution in [3.63, 3.8) is 0 Å². The summed E-state index contributed by atoms with van der Waals surface area (Å²) in [4.78, 5) is 34.5. The molecule has 1 heterocycles. The SMILES string of the molecule is O=C(CN1CCOCC1)N/N=C\c1cccc(Oc2ccc([N+](=O)[O-])cc2[N+](=O)[O-])c1. The van der Waals surface area contributed by atoms with E-state index in [4.69, 9.17) is 9.47 Å². The fourth-order valence-electron chi connectivity index (χ4n) is 2.81. The van der Waals surface area contributed by atoms with Gasteiger partial charge < -0.3 is 9.47 Å². The van der Waals surface area contributed by atoms with Crippen LogP contribution >= 0.6 is 0 Å². The molecule has 0 saturated carbocycles. The maximum atomic E-state index is 11.9. The molecule has 1 saturated heterocycles. The van der Waals surface area contributed by atoms with Crippen LogP contribution in [0.25, 0.3) is 0 Å². The number of nitrogens with zero attached hydrogens (tertiary/aromatic N) is 4. The van der Waals surface area contributed by atoms with Crippen LogP contribution in [0.1, 0.15) is 5.56 Å². The molecule has 1 amide bonds. The average molecular weight is 429 g/mol. The lowest BCUT2D eigenvalue weighted by Crippen LogP contribution is -2.42. The van der Waals surface area contributed by atoms with Gasteiger partial charge in [0, 0.05) is 19.2 Å². The van der Waals surface area contributed by atoms with Crippen LogP contribution in [0.2, 0.25) is 0 Å². The first-order valence-corrected chi connectivity index (χ1v) is 9.25. The second kappa shape index (κ2) is 10.2. The van der Waals surface area contributed by atoms with Gasteiger partial charge in [-0.1, -0.05) is 12.1 Å². The van der Waals surface area contributed by atoms with Gasteiger partial charge in [-0.05, 0) is 23.8 Å². The Kier molecular flexibility index (Phi) is 7.19. The van der Waals surface area contributed by atoms with Gasteiger partial charge in [0.1, 0.15) is 5.75 Å². The maximum absolute atomic E-state index is 11.9. The minimum Gasteiger partial charge on any atom is -0.450 e. The van der Waals surface area contributed by atoms with E-state index < -0.39 is 21.2 Å². The van der Waals surface area contributed by atoms with E-state index in [1.54, 1.807) is 24.3 Å². The molecule has 0 aromatic heterocycles. The van der Waals surface area contributed by atoms with E-state index in [9.17, 15) is 25.0 Å². The van der Waals surface area contributed by atoms with Crippen molar-refractivity contribution in [1.29, 1.82) is 0 Å². The first-order chi connectivity index (χ1) is 14.9. The molecule has 3 rings (SSSR count). The summed E-state index contributed by atoms with van der Waals surface area (Å²) < 4.78 is 10.8. The lowest BCUT2D eigenvalue weighted by Gasteiger charge is -2.25. The molecule has 12 heteroatoms. The summed E-state index contributed by atoms with van der Waals surface area (Å²) in [5.74, 6) is -0.129. The third-order valence-electron chi connectivity index (χ3n) is 4.31. The van der Waals surface area contributed by atoms with Gasteiger partial charge in [-0.2, -0.15) is 5.10 Å². The number of ether oxygens (including phenoxy) is 2. The van der Waals surface area contributed by atoms with Crippen LogP contribution in [0.5, 0.6) is 11.5 Å². The molecule has 0 radical (unpaired) electrons. The van der Waals surface area contributed by atoms with Crippen molar-refractivity contribution in [3.05, 3.63) is 68.3 Å². The van der Waals surface area contributed by atoms with Crippen molar-refractivity contribution < 1.29 is 24.1 Å². The number of amides is 1. The number of benzene rings is 2. The van der Waals surface area contributed by atoms with E-state index in [0.717, 1.165) is 12.1 Å². The van der Waals surface area contributed by atoms with Crippen molar-refractivity contribution in [3.8, 4) is 11.5 Å². The van der Waals surface area contributed by atoms with Gasteiger partial charge in [0.15, 0.2) is 0 Å². The maximum Gasteiger partial charge on any atom is 0.318 e. The van der Waals surface area contributed by atoms with Crippen LogP contribution in [-0.2, 0) is 9.53 Å². The highest BCUT2D eigenvalue weighted by Gasteiger charge is 2.21. The number of hydrazone groups is 1. The van der Waals surface area contributed by atoms with Gasteiger partial charge >= 0.3 is 5.69 Å². The number of rotatable bonds is 8. The molecule has 1 aliphatic rings. The Hall–Kier alpha value is -3.90. The quantitative estimate of drug-likeness (QED) is 0.381. The zero-order chi connectivity index (χ0) is 22.2. The molecule has 0 bridgehead atoms. The van der Waals surface area contributed by atoms with Gasteiger partial charge in [-0.3, -0.25) is 29.9 Å². The molecule has 0 spiro atoms. The van der Waals surface area contributed by atoms with Crippen molar-refractivity contribution >= 4 is 23.5 Å². The number of morpholine rings is 1. The first kappa shape index (κ1) is 21.8. The molecule has 0 atom stereocenters. The minimum atomic E-state index is -0.752. The number of carbonyl (C=O) groups excluding carboxylic acids is 1. The topological polar surface area (TPSA) is 149 Å². The lowest BCUT2D eigenvalue weighted by atomic mass is 10.2. The number of carbonyl (C=O) groups is 1. The predicted molar refractivity (Wildman–Crippen MR) is 109 cm³/mol. The predicted octanol–water partition coefficient (Wildman–Crippen LogP) is 2.08. The van der Waals surface area contributed by atoms with E-state index in [1.165, 1.54) is 12.3 Å². The third kappa shape index (κ3) is 6.29. The molecule has 0 aliphatic carbocycles. The van der Waals surface area contributed by atoms with Crippen LogP contribution in [0.4, 0.5) is 11.4 Å². The van der Waals surface area contributed by atoms with Gasteiger partial charge in [0.2, 0.25) is 5.75 Å². The lowest BCUT2D eigenvalue weighted by molar-refractivity contribution is -0.394. The van der Waals surface area contributed by atoms with Gasteiger partial charge in [0.05, 0.1) is 41.9 Å². The summed E-state index contributed by atoms with van der Waals surface area (Å²) in [5.41, 5.74) is 2.09.